The van der Waals surface area contributed by atoms with Crippen LogP contribution in [0.1, 0.15) is 138 Å². The van der Waals surface area contributed by atoms with Gasteiger partial charge in [0.1, 0.15) is 6.10 Å². The second-order valence-corrected chi connectivity index (χ2v) is 18.8. The number of aliphatic hydroxyl groups excluding tert-OH is 2. The zero-order valence-electron chi connectivity index (χ0n) is 39.6. The van der Waals surface area contributed by atoms with Crippen molar-refractivity contribution in [1.82, 2.24) is 0 Å². The first-order valence-electron chi connectivity index (χ1n) is 23.1. The Hall–Kier alpha value is -4.41. The molecule has 1 aromatic carbocycles. The number of carboxylic acid groups (broad SMARTS) is 1. The second kappa shape index (κ2) is 25.5. The van der Waals surface area contributed by atoms with Gasteiger partial charge in [0, 0.05) is 12.8 Å². The summed E-state index contributed by atoms with van der Waals surface area (Å²) in [4.78, 5) is 68.2. The quantitative estimate of drug-likeness (QED) is 0.0222. The summed E-state index contributed by atoms with van der Waals surface area (Å²) >= 11 is 0. The van der Waals surface area contributed by atoms with Crippen LogP contribution in [-0.2, 0) is 52.4 Å². The molecule has 2 aliphatic rings. The van der Waals surface area contributed by atoms with E-state index in [9.17, 15) is 44.4 Å². The van der Waals surface area contributed by atoms with Crippen LogP contribution in [-0.4, -0.2) is 105 Å². The van der Waals surface area contributed by atoms with Crippen molar-refractivity contribution in [3.63, 3.8) is 0 Å². The SMILES string of the molecule is CC=CCCCCC=CCCCCC(=O)O[C@@H]1[C@@H](O)[C@@]2(CCC(C)C(O)C(C)CC=Cc3ccccc3)O[C@H](C(=O)OCCC(C)C)[C@@](O)(C(=O)OCOC(=O)C(C)(C)C)[C@]1(C(=O)O)O2. The number of aliphatic carboxylic acids is 1. The van der Waals surface area contributed by atoms with Gasteiger partial charge < -0.3 is 48.8 Å². The highest BCUT2D eigenvalue weighted by Crippen LogP contribution is 2.56. The first-order valence-corrected chi connectivity index (χ1v) is 23.1. The Morgan fingerprint density at radius 2 is 1.48 bits per heavy atom. The number of benzene rings is 1. The number of ether oxygens (including phenoxy) is 6. The van der Waals surface area contributed by atoms with Crippen LogP contribution in [0.2, 0.25) is 0 Å². The van der Waals surface area contributed by atoms with Crippen molar-refractivity contribution in [2.75, 3.05) is 13.4 Å². The van der Waals surface area contributed by atoms with Crippen LogP contribution in [0.15, 0.2) is 60.7 Å². The summed E-state index contributed by atoms with van der Waals surface area (Å²) in [7, 11) is 0. The summed E-state index contributed by atoms with van der Waals surface area (Å²) in [6, 6.07) is 9.63. The Morgan fingerprint density at radius 3 is 2.08 bits per heavy atom. The first-order chi connectivity index (χ1) is 30.7. The van der Waals surface area contributed by atoms with Crippen molar-refractivity contribution < 1.29 is 72.8 Å². The number of hydrogen-bond donors (Lipinski definition) is 4. The van der Waals surface area contributed by atoms with Crippen molar-refractivity contribution in [1.29, 1.82) is 0 Å². The lowest BCUT2D eigenvalue weighted by Gasteiger charge is -2.49. The van der Waals surface area contributed by atoms with E-state index in [0.717, 1.165) is 31.2 Å². The van der Waals surface area contributed by atoms with E-state index < -0.39 is 95.8 Å². The highest BCUT2D eigenvalue weighted by molar-refractivity contribution is 5.99. The van der Waals surface area contributed by atoms with E-state index in [4.69, 9.17) is 28.4 Å². The van der Waals surface area contributed by atoms with Crippen LogP contribution >= 0.6 is 0 Å². The fourth-order valence-electron chi connectivity index (χ4n) is 7.80. The molecule has 65 heavy (non-hydrogen) atoms. The van der Waals surface area contributed by atoms with Crippen molar-refractivity contribution in [3.8, 4) is 0 Å². The van der Waals surface area contributed by atoms with Gasteiger partial charge in [0.25, 0.3) is 0 Å². The molecule has 0 aromatic heterocycles. The molecule has 0 spiro atoms. The van der Waals surface area contributed by atoms with E-state index >= 15 is 0 Å². The van der Waals surface area contributed by atoms with Gasteiger partial charge in [-0.05, 0) is 115 Å². The van der Waals surface area contributed by atoms with Gasteiger partial charge in [-0.1, -0.05) is 94.5 Å². The average Bonchev–Trinajstić information content (AvgIpc) is 3.47. The largest absolute Gasteiger partial charge is 0.479 e. The molecule has 2 saturated heterocycles. The predicted molar refractivity (Wildman–Crippen MR) is 241 cm³/mol. The normalized spacial score (nSPS) is 25.8. The summed E-state index contributed by atoms with van der Waals surface area (Å²) in [5.41, 5.74) is -7.22. The lowest BCUT2D eigenvalue weighted by atomic mass is 9.74. The Balaban J connectivity index is 1.98. The molecule has 0 aliphatic carbocycles. The molecule has 0 amide bonds. The second-order valence-electron chi connectivity index (χ2n) is 18.8. The van der Waals surface area contributed by atoms with Gasteiger partial charge in [0.05, 0.1) is 18.1 Å². The molecular weight excluding hydrogens is 841 g/mol. The monoisotopic (exact) mass is 915 g/mol. The van der Waals surface area contributed by atoms with Gasteiger partial charge in [-0.15, -0.1) is 0 Å². The van der Waals surface area contributed by atoms with Gasteiger partial charge in [-0.2, -0.15) is 0 Å². The smallest absolute Gasteiger partial charge is 0.348 e. The summed E-state index contributed by atoms with van der Waals surface area (Å²) < 4.78 is 33.6. The third-order valence-electron chi connectivity index (χ3n) is 11.9. The molecule has 15 nitrogen and oxygen atoms in total. The number of esters is 4. The molecule has 3 unspecified atom stereocenters. The van der Waals surface area contributed by atoms with E-state index in [2.05, 4.69) is 12.2 Å². The minimum Gasteiger partial charge on any atom is -0.479 e. The fraction of sp³-hybridized carbons (Fsp3) is 0.660. The van der Waals surface area contributed by atoms with Crippen molar-refractivity contribution in [2.45, 2.75) is 174 Å². The average molecular weight is 915 g/mol. The first kappa shape index (κ1) is 54.9. The topological polar surface area (TPSA) is 222 Å². The summed E-state index contributed by atoms with van der Waals surface area (Å²) in [5.74, 6) is -10.4. The molecule has 15 heteroatoms. The van der Waals surface area contributed by atoms with E-state index in [1.54, 1.807) is 6.92 Å². The summed E-state index contributed by atoms with van der Waals surface area (Å²) in [5, 5.41) is 47.3. The lowest BCUT2D eigenvalue weighted by molar-refractivity contribution is -0.376. The van der Waals surface area contributed by atoms with Gasteiger partial charge in [0.15, 0.2) is 6.10 Å². The number of carbonyl (C=O) groups is 5. The molecule has 2 fully saturated rings. The van der Waals surface area contributed by atoms with Crippen LogP contribution in [0.3, 0.4) is 0 Å². The van der Waals surface area contributed by atoms with Crippen LogP contribution < -0.4 is 0 Å². The van der Waals surface area contributed by atoms with Crippen LogP contribution in [0, 0.1) is 23.2 Å². The highest BCUT2D eigenvalue weighted by Gasteiger charge is 2.86. The van der Waals surface area contributed by atoms with Gasteiger partial charge in [-0.3, -0.25) is 9.59 Å². The van der Waals surface area contributed by atoms with Gasteiger partial charge in [0.2, 0.25) is 29.9 Å². The molecule has 2 heterocycles. The van der Waals surface area contributed by atoms with E-state index in [1.807, 2.05) is 82.3 Å². The molecule has 1 aromatic rings. The molecular formula is C50H74O15. The van der Waals surface area contributed by atoms with E-state index in [-0.39, 0.29) is 31.3 Å². The molecule has 364 valence electrons. The van der Waals surface area contributed by atoms with E-state index in [1.165, 1.54) is 20.8 Å². The maximum Gasteiger partial charge on any atom is 0.348 e. The molecule has 4 N–H and O–H groups in total. The number of carboxylic acids is 1. The number of allylic oxidation sites excluding steroid dienone is 5. The minimum absolute atomic E-state index is 0.00855. The number of aliphatic hydroxyl groups is 3. The van der Waals surface area contributed by atoms with Gasteiger partial charge in [-0.25, -0.2) is 14.4 Å². The lowest BCUT2D eigenvalue weighted by Crippen LogP contribution is -2.78. The van der Waals surface area contributed by atoms with Crippen molar-refractivity contribution >= 4 is 35.9 Å². The van der Waals surface area contributed by atoms with Crippen molar-refractivity contribution in [3.05, 3.63) is 66.3 Å². The Bertz CT molecular complexity index is 1780. The molecule has 0 radical (unpaired) electrons. The number of hydrogen-bond acceptors (Lipinski definition) is 14. The number of carbonyl (C=O) groups excluding carboxylic acids is 4. The molecule has 9 atom stereocenters. The maximum atomic E-state index is 14.2. The standard InChI is InChI=1S/C50H74O15/c1-9-10-11-12-13-14-15-16-17-18-22-28-38(51)63-41-40(53)48(31-29-36(5)39(52)35(4)24-23-27-37-25-20-19-21-26-37)64-42(43(54)60-32-30-34(2)3)49(59,50(41,65-48)44(55)56)46(58)62-33-61-45(57)47(6,7)8/h9-10,15-16,19-21,23,25-27,34-36,39-42,52-53,59H,11-14,17-18,22,24,28-33H2,1-8H3,(H,55,56)/t35?,36?,39?,40-,41-,42-,48+,49-,50+/m1/s1. The van der Waals surface area contributed by atoms with Crippen LogP contribution in [0.4, 0.5) is 0 Å². The Labute approximate surface area is 384 Å². The number of fused-ring (bicyclic) bond motifs is 2. The zero-order valence-corrected chi connectivity index (χ0v) is 39.6. The molecule has 3 rings (SSSR count). The minimum atomic E-state index is -3.71. The number of unbranched alkanes of at least 4 members (excludes halogenated alkanes) is 5. The Morgan fingerprint density at radius 1 is 0.846 bits per heavy atom. The third-order valence-corrected chi connectivity index (χ3v) is 11.9. The highest BCUT2D eigenvalue weighted by atomic mass is 16.8. The van der Waals surface area contributed by atoms with Crippen LogP contribution in [0.25, 0.3) is 6.08 Å². The zero-order chi connectivity index (χ0) is 48.4. The third kappa shape index (κ3) is 14.5. The Kier molecular flexibility index (Phi) is 21.5. The maximum absolute atomic E-state index is 14.2. The number of rotatable bonds is 27. The molecule has 2 bridgehead atoms. The molecule has 2 aliphatic heterocycles. The van der Waals surface area contributed by atoms with Gasteiger partial charge >= 0.3 is 29.8 Å². The van der Waals surface area contributed by atoms with Crippen molar-refractivity contribution in [2.24, 2.45) is 23.2 Å². The van der Waals surface area contributed by atoms with Crippen LogP contribution in [0.5, 0.6) is 0 Å². The predicted octanol–water partition coefficient (Wildman–Crippen LogP) is 7.39. The summed E-state index contributed by atoms with van der Waals surface area (Å²) in [6.07, 6.45) is 9.83. The summed E-state index contributed by atoms with van der Waals surface area (Å²) in [6.45, 7) is 12.5. The molecule has 0 saturated carbocycles. The van der Waals surface area contributed by atoms with E-state index in [0.29, 0.717) is 32.1 Å². The fourth-order valence-corrected chi connectivity index (χ4v) is 7.80.